The van der Waals surface area contributed by atoms with E-state index in [0.717, 1.165) is 10.6 Å². The van der Waals surface area contributed by atoms with Crippen molar-refractivity contribution >= 4 is 40.6 Å². The van der Waals surface area contributed by atoms with E-state index < -0.39 is 10.2 Å². The van der Waals surface area contributed by atoms with Crippen LogP contribution in [0, 0.1) is 10.1 Å². The van der Waals surface area contributed by atoms with Gasteiger partial charge < -0.3 is 10.6 Å². The van der Waals surface area contributed by atoms with E-state index in [1.165, 1.54) is 36.0 Å². The maximum Gasteiger partial charge on any atom is 0.269 e. The number of nitro benzene ring substituents is 1. The van der Waals surface area contributed by atoms with Gasteiger partial charge in [-0.1, -0.05) is 12.1 Å². The van der Waals surface area contributed by atoms with Gasteiger partial charge in [0.25, 0.3) is 5.69 Å². The van der Waals surface area contributed by atoms with Crippen LogP contribution in [-0.4, -0.2) is 22.0 Å². The Bertz CT molecular complexity index is 807. The van der Waals surface area contributed by atoms with Crippen LogP contribution in [0.4, 0.5) is 17.1 Å². The molecule has 0 unspecified atom stereocenters. The molecule has 122 valence electrons. The summed E-state index contributed by atoms with van der Waals surface area (Å²) in [5, 5.41) is 15.5. The van der Waals surface area contributed by atoms with E-state index >= 15 is 0 Å². The van der Waals surface area contributed by atoms with E-state index in [1.54, 1.807) is 0 Å². The SMILES string of the molecule is O=C(C[C@H]1Sc2ccccc2NC1=O)Nc1ccc([N+](=O)[O-])cc1. The van der Waals surface area contributed by atoms with Crippen molar-refractivity contribution < 1.29 is 14.5 Å². The third kappa shape index (κ3) is 3.54. The largest absolute Gasteiger partial charge is 0.326 e. The number of hydrogen-bond donors (Lipinski definition) is 2. The predicted octanol–water partition coefficient (Wildman–Crippen LogP) is 3.04. The lowest BCUT2D eigenvalue weighted by Crippen LogP contribution is -2.32. The Kier molecular flexibility index (Phi) is 4.48. The fraction of sp³-hybridized carbons (Fsp3) is 0.125. The molecule has 0 fully saturated rings. The van der Waals surface area contributed by atoms with Crippen LogP contribution in [0.25, 0.3) is 0 Å². The van der Waals surface area contributed by atoms with Gasteiger partial charge >= 0.3 is 0 Å². The molecule has 2 aromatic carbocycles. The summed E-state index contributed by atoms with van der Waals surface area (Å²) in [6, 6.07) is 13.0. The molecule has 1 aliphatic rings. The predicted molar refractivity (Wildman–Crippen MR) is 91.1 cm³/mol. The first-order valence-electron chi connectivity index (χ1n) is 7.14. The molecule has 0 bridgehead atoms. The monoisotopic (exact) mass is 343 g/mol. The average Bonchev–Trinajstić information content (AvgIpc) is 2.56. The minimum absolute atomic E-state index is 0.0157. The number of fused-ring (bicyclic) bond motifs is 1. The van der Waals surface area contributed by atoms with Crippen molar-refractivity contribution in [2.45, 2.75) is 16.6 Å². The summed E-state index contributed by atoms with van der Waals surface area (Å²) in [5.41, 5.74) is 1.15. The molecule has 2 N–H and O–H groups in total. The summed E-state index contributed by atoms with van der Waals surface area (Å²) in [6.45, 7) is 0. The second kappa shape index (κ2) is 6.71. The normalized spacial score (nSPS) is 16.0. The molecule has 24 heavy (non-hydrogen) atoms. The molecule has 2 aromatic rings. The van der Waals surface area contributed by atoms with Gasteiger partial charge in [0.15, 0.2) is 0 Å². The lowest BCUT2D eigenvalue weighted by Gasteiger charge is -2.23. The summed E-state index contributed by atoms with van der Waals surface area (Å²) in [7, 11) is 0. The molecule has 0 aliphatic carbocycles. The topological polar surface area (TPSA) is 101 Å². The number of anilines is 2. The van der Waals surface area contributed by atoms with Gasteiger partial charge in [-0.3, -0.25) is 19.7 Å². The molecule has 0 saturated heterocycles. The fourth-order valence-electron chi connectivity index (χ4n) is 2.27. The summed E-state index contributed by atoms with van der Waals surface area (Å²) >= 11 is 1.35. The Morgan fingerprint density at radius 2 is 1.92 bits per heavy atom. The molecule has 7 nitrogen and oxygen atoms in total. The molecule has 1 atom stereocenters. The minimum atomic E-state index is -0.516. The highest BCUT2D eigenvalue weighted by molar-refractivity contribution is 8.01. The van der Waals surface area contributed by atoms with Crippen LogP contribution in [0.5, 0.6) is 0 Å². The van der Waals surface area contributed by atoms with Gasteiger partial charge in [-0.25, -0.2) is 0 Å². The number of para-hydroxylation sites is 1. The number of benzene rings is 2. The summed E-state index contributed by atoms with van der Waals surface area (Å²) in [6.07, 6.45) is 0.0157. The van der Waals surface area contributed by atoms with E-state index in [2.05, 4.69) is 10.6 Å². The fourth-order valence-corrected chi connectivity index (χ4v) is 3.38. The number of carbonyl (C=O) groups excluding carboxylic acids is 2. The van der Waals surface area contributed by atoms with Crippen molar-refractivity contribution in [1.82, 2.24) is 0 Å². The molecule has 3 rings (SSSR count). The zero-order valence-electron chi connectivity index (χ0n) is 12.4. The molecule has 8 heteroatoms. The minimum Gasteiger partial charge on any atom is -0.326 e. The van der Waals surface area contributed by atoms with Crippen LogP contribution < -0.4 is 10.6 Å². The maximum atomic E-state index is 12.1. The van der Waals surface area contributed by atoms with E-state index in [9.17, 15) is 19.7 Å². The van der Waals surface area contributed by atoms with Gasteiger partial charge in [-0.2, -0.15) is 0 Å². The quantitative estimate of drug-likeness (QED) is 0.656. The van der Waals surface area contributed by atoms with Gasteiger partial charge in [0, 0.05) is 29.1 Å². The Balaban J connectivity index is 1.63. The van der Waals surface area contributed by atoms with Crippen LogP contribution in [0.15, 0.2) is 53.4 Å². The van der Waals surface area contributed by atoms with Crippen LogP contribution >= 0.6 is 11.8 Å². The highest BCUT2D eigenvalue weighted by Gasteiger charge is 2.28. The molecular formula is C16H13N3O4S. The zero-order chi connectivity index (χ0) is 17.1. The van der Waals surface area contributed by atoms with Gasteiger partial charge in [-0.05, 0) is 24.3 Å². The van der Waals surface area contributed by atoms with E-state index in [-0.39, 0.29) is 23.9 Å². The summed E-state index contributed by atoms with van der Waals surface area (Å²) in [4.78, 5) is 35.2. The molecule has 0 aromatic heterocycles. The van der Waals surface area contributed by atoms with Crippen molar-refractivity contribution in [2.24, 2.45) is 0 Å². The molecule has 0 saturated carbocycles. The zero-order valence-corrected chi connectivity index (χ0v) is 13.2. The number of amides is 2. The summed E-state index contributed by atoms with van der Waals surface area (Å²) in [5.74, 6) is -0.534. The third-order valence-corrected chi connectivity index (χ3v) is 4.71. The number of rotatable bonds is 4. The van der Waals surface area contributed by atoms with Crippen LogP contribution in [-0.2, 0) is 9.59 Å². The van der Waals surface area contributed by atoms with Crippen molar-refractivity contribution in [1.29, 1.82) is 0 Å². The smallest absolute Gasteiger partial charge is 0.269 e. The highest BCUT2D eigenvalue weighted by Crippen LogP contribution is 2.36. The third-order valence-electron chi connectivity index (χ3n) is 3.44. The number of nitrogens with one attached hydrogen (secondary N) is 2. The van der Waals surface area contributed by atoms with Crippen molar-refractivity contribution in [3.63, 3.8) is 0 Å². The first kappa shape index (κ1) is 16.0. The first-order valence-corrected chi connectivity index (χ1v) is 8.02. The number of nitro groups is 1. The average molecular weight is 343 g/mol. The van der Waals surface area contributed by atoms with E-state index in [0.29, 0.717) is 5.69 Å². The van der Waals surface area contributed by atoms with Crippen LogP contribution in [0.1, 0.15) is 6.42 Å². The van der Waals surface area contributed by atoms with Gasteiger partial charge in [0.1, 0.15) is 0 Å². The summed E-state index contributed by atoms with van der Waals surface area (Å²) < 4.78 is 0. The Morgan fingerprint density at radius 1 is 1.21 bits per heavy atom. The van der Waals surface area contributed by atoms with E-state index in [4.69, 9.17) is 0 Å². The lowest BCUT2D eigenvalue weighted by atomic mass is 10.2. The van der Waals surface area contributed by atoms with Gasteiger partial charge in [0.05, 0.1) is 15.9 Å². The molecule has 1 heterocycles. The second-order valence-electron chi connectivity index (χ2n) is 5.15. The Hall–Kier alpha value is -2.87. The molecule has 0 radical (unpaired) electrons. The van der Waals surface area contributed by atoms with Crippen LogP contribution in [0.3, 0.4) is 0 Å². The van der Waals surface area contributed by atoms with Crippen molar-refractivity contribution in [3.8, 4) is 0 Å². The maximum absolute atomic E-state index is 12.1. The Labute approximate surface area is 141 Å². The molecule has 2 amide bonds. The number of hydrogen-bond acceptors (Lipinski definition) is 5. The second-order valence-corrected chi connectivity index (χ2v) is 6.39. The first-order chi connectivity index (χ1) is 11.5. The van der Waals surface area contributed by atoms with E-state index in [1.807, 2.05) is 24.3 Å². The molecular weight excluding hydrogens is 330 g/mol. The number of carbonyl (C=O) groups is 2. The number of non-ortho nitro benzene ring substituents is 1. The Morgan fingerprint density at radius 3 is 2.62 bits per heavy atom. The lowest BCUT2D eigenvalue weighted by molar-refractivity contribution is -0.384. The van der Waals surface area contributed by atoms with Crippen LogP contribution in [0.2, 0.25) is 0 Å². The van der Waals surface area contributed by atoms with Gasteiger partial charge in [-0.15, -0.1) is 11.8 Å². The number of nitrogens with zero attached hydrogens (tertiary/aromatic N) is 1. The standard InChI is InChI=1S/C16H13N3O4S/c20-15(17-10-5-7-11(8-6-10)19(22)23)9-14-16(21)18-12-3-1-2-4-13(12)24-14/h1-8,14H,9H2,(H,17,20)(H,18,21)/t14-/m1/s1. The van der Waals surface area contributed by atoms with Crippen molar-refractivity contribution in [2.75, 3.05) is 10.6 Å². The number of thioether (sulfide) groups is 1. The van der Waals surface area contributed by atoms with Crippen molar-refractivity contribution in [3.05, 3.63) is 58.6 Å². The van der Waals surface area contributed by atoms with Gasteiger partial charge in [0.2, 0.25) is 11.8 Å². The molecule has 0 spiro atoms. The molecule has 1 aliphatic heterocycles. The highest BCUT2D eigenvalue weighted by atomic mass is 32.2.